The van der Waals surface area contributed by atoms with Gasteiger partial charge in [-0.25, -0.2) is 17.6 Å². The second-order valence-corrected chi connectivity index (χ2v) is 4.93. The minimum Gasteiger partial charge on any atom is -0.387 e. The zero-order chi connectivity index (χ0) is 17.1. The number of aliphatic hydroxyl groups excluding tert-OH is 1. The van der Waals surface area contributed by atoms with E-state index in [0.29, 0.717) is 5.56 Å². The molecule has 0 saturated heterocycles. The number of nitrogens with one attached hydrogen (secondary N) is 1. The summed E-state index contributed by atoms with van der Waals surface area (Å²) in [4.78, 5) is 11.8. The Bertz CT molecular complexity index is 723. The van der Waals surface area contributed by atoms with E-state index >= 15 is 0 Å². The average molecular weight is 327 g/mol. The number of aliphatic hydroxyl groups is 1. The van der Waals surface area contributed by atoms with Gasteiger partial charge in [-0.15, -0.1) is 0 Å². The van der Waals surface area contributed by atoms with Gasteiger partial charge in [-0.3, -0.25) is 4.79 Å². The maximum Gasteiger partial charge on any atom is 0.257 e. The van der Waals surface area contributed by atoms with E-state index in [1.807, 2.05) is 0 Å². The van der Waals surface area contributed by atoms with Crippen LogP contribution in [0.2, 0.25) is 0 Å². The van der Waals surface area contributed by atoms with Gasteiger partial charge >= 0.3 is 0 Å². The van der Waals surface area contributed by atoms with E-state index in [-0.39, 0.29) is 12.6 Å². The van der Waals surface area contributed by atoms with Crippen LogP contribution in [-0.4, -0.2) is 17.6 Å². The first kappa shape index (κ1) is 17.0. The lowest BCUT2D eigenvalue weighted by Crippen LogP contribution is -2.30. The van der Waals surface area contributed by atoms with E-state index in [1.165, 1.54) is 0 Å². The second kappa shape index (κ2) is 6.78. The lowest BCUT2D eigenvalue weighted by molar-refractivity contribution is 0.0905. The summed E-state index contributed by atoms with van der Waals surface area (Å²) in [5.74, 6) is -8.27. The van der Waals surface area contributed by atoms with Crippen molar-refractivity contribution in [3.63, 3.8) is 0 Å². The number of carbonyl (C=O) groups excluding carboxylic acids is 1. The normalized spacial score (nSPS) is 12.1. The van der Waals surface area contributed by atoms with E-state index in [2.05, 4.69) is 5.32 Å². The molecule has 0 saturated carbocycles. The molecular formula is C16H13F4NO2. The number of benzene rings is 2. The molecule has 0 aromatic heterocycles. The van der Waals surface area contributed by atoms with Crippen molar-refractivity contribution in [1.29, 1.82) is 0 Å². The van der Waals surface area contributed by atoms with Crippen LogP contribution in [-0.2, 0) is 0 Å². The number of halogens is 4. The summed E-state index contributed by atoms with van der Waals surface area (Å²) in [7, 11) is 0. The van der Waals surface area contributed by atoms with Gasteiger partial charge < -0.3 is 10.4 Å². The number of carbonyl (C=O) groups is 1. The Morgan fingerprint density at radius 2 is 1.70 bits per heavy atom. The van der Waals surface area contributed by atoms with Crippen molar-refractivity contribution in [3.05, 3.63) is 70.3 Å². The Morgan fingerprint density at radius 1 is 1.13 bits per heavy atom. The second-order valence-electron chi connectivity index (χ2n) is 4.93. The quantitative estimate of drug-likeness (QED) is 0.670. The van der Waals surface area contributed by atoms with Crippen LogP contribution in [0.5, 0.6) is 0 Å². The minimum atomic E-state index is -1.79. The van der Waals surface area contributed by atoms with E-state index in [1.54, 1.807) is 31.2 Å². The summed E-state index contributed by atoms with van der Waals surface area (Å²) in [5, 5.41) is 12.1. The zero-order valence-corrected chi connectivity index (χ0v) is 12.0. The largest absolute Gasteiger partial charge is 0.387 e. The van der Waals surface area contributed by atoms with Gasteiger partial charge in [-0.2, -0.15) is 0 Å². The number of hydrogen-bond acceptors (Lipinski definition) is 2. The maximum absolute atomic E-state index is 13.5. The molecule has 3 nitrogen and oxygen atoms in total. The topological polar surface area (TPSA) is 49.3 Å². The predicted molar refractivity (Wildman–Crippen MR) is 74.7 cm³/mol. The lowest BCUT2D eigenvalue weighted by Gasteiger charge is -2.15. The van der Waals surface area contributed by atoms with Gasteiger partial charge in [0.05, 0.1) is 6.10 Å². The number of aryl methyl sites for hydroxylation is 1. The van der Waals surface area contributed by atoms with Crippen molar-refractivity contribution < 1.29 is 27.5 Å². The van der Waals surface area contributed by atoms with Gasteiger partial charge in [-0.05, 0) is 18.1 Å². The van der Waals surface area contributed by atoms with Crippen LogP contribution in [0.1, 0.15) is 27.6 Å². The average Bonchev–Trinajstić information content (AvgIpc) is 2.51. The molecule has 2 aromatic rings. The standard InChI is InChI=1S/C16H13F4NO2/c1-8-4-2-3-5-9(8)12(22)7-21-16(23)13-14(19)10(17)6-11(18)15(13)20/h2-6,12,22H,7H2,1H3,(H,21,23). The molecule has 7 heteroatoms. The third kappa shape index (κ3) is 3.50. The molecule has 0 bridgehead atoms. The third-order valence-electron chi connectivity index (χ3n) is 3.34. The van der Waals surface area contributed by atoms with Crippen molar-refractivity contribution in [2.24, 2.45) is 0 Å². The minimum absolute atomic E-state index is 0.0175. The predicted octanol–water partition coefficient (Wildman–Crippen LogP) is 3.01. The van der Waals surface area contributed by atoms with E-state index in [9.17, 15) is 27.5 Å². The molecule has 0 aliphatic rings. The first-order valence-electron chi connectivity index (χ1n) is 6.67. The Labute approximate surface area is 129 Å². The molecule has 0 fully saturated rings. The maximum atomic E-state index is 13.5. The molecule has 0 heterocycles. The molecule has 1 unspecified atom stereocenters. The molecule has 0 aliphatic heterocycles. The van der Waals surface area contributed by atoms with Gasteiger partial charge in [0.25, 0.3) is 5.91 Å². The number of rotatable bonds is 4. The summed E-state index contributed by atoms with van der Waals surface area (Å²) in [6.07, 6.45) is -1.13. The fourth-order valence-corrected chi connectivity index (χ4v) is 2.12. The van der Waals surface area contributed by atoms with E-state index in [0.717, 1.165) is 5.56 Å². The smallest absolute Gasteiger partial charge is 0.257 e. The summed E-state index contributed by atoms with van der Waals surface area (Å²) in [6.45, 7) is 1.36. The molecule has 122 valence electrons. The Balaban J connectivity index is 2.16. The zero-order valence-electron chi connectivity index (χ0n) is 12.0. The van der Waals surface area contributed by atoms with Gasteiger partial charge in [0.1, 0.15) is 5.56 Å². The molecule has 1 amide bonds. The molecule has 2 aromatic carbocycles. The SMILES string of the molecule is Cc1ccccc1C(O)CNC(=O)c1c(F)c(F)cc(F)c1F. The van der Waals surface area contributed by atoms with Gasteiger partial charge in [-0.1, -0.05) is 24.3 Å². The number of amides is 1. The van der Waals surface area contributed by atoms with Crippen LogP contribution in [0.15, 0.2) is 30.3 Å². The van der Waals surface area contributed by atoms with Crippen molar-refractivity contribution in [1.82, 2.24) is 5.32 Å². The Hall–Kier alpha value is -2.41. The monoisotopic (exact) mass is 327 g/mol. The molecule has 0 spiro atoms. The van der Waals surface area contributed by atoms with Crippen molar-refractivity contribution in [2.45, 2.75) is 13.0 Å². The molecule has 0 aliphatic carbocycles. The van der Waals surface area contributed by atoms with E-state index < -0.39 is 40.8 Å². The van der Waals surface area contributed by atoms with Crippen LogP contribution < -0.4 is 5.32 Å². The Morgan fingerprint density at radius 3 is 2.26 bits per heavy atom. The van der Waals surface area contributed by atoms with Crippen molar-refractivity contribution in [2.75, 3.05) is 6.54 Å². The van der Waals surface area contributed by atoms with Crippen LogP contribution in [0.25, 0.3) is 0 Å². The molecular weight excluding hydrogens is 314 g/mol. The summed E-state index contributed by atoms with van der Waals surface area (Å²) in [6, 6.07) is 6.81. The third-order valence-corrected chi connectivity index (χ3v) is 3.34. The first-order valence-corrected chi connectivity index (χ1v) is 6.67. The first-order chi connectivity index (χ1) is 10.8. The van der Waals surface area contributed by atoms with Crippen molar-refractivity contribution in [3.8, 4) is 0 Å². The molecule has 23 heavy (non-hydrogen) atoms. The van der Waals surface area contributed by atoms with Crippen molar-refractivity contribution >= 4 is 5.91 Å². The lowest BCUT2D eigenvalue weighted by atomic mass is 10.0. The number of hydrogen-bond donors (Lipinski definition) is 2. The molecule has 2 N–H and O–H groups in total. The van der Waals surface area contributed by atoms with E-state index in [4.69, 9.17) is 0 Å². The van der Waals surface area contributed by atoms with Crippen LogP contribution in [0, 0.1) is 30.2 Å². The highest BCUT2D eigenvalue weighted by Gasteiger charge is 2.25. The highest BCUT2D eigenvalue weighted by Crippen LogP contribution is 2.20. The molecule has 2 rings (SSSR count). The van der Waals surface area contributed by atoms with Crippen LogP contribution in [0.4, 0.5) is 17.6 Å². The summed E-state index contributed by atoms with van der Waals surface area (Å²) < 4.78 is 53.2. The highest BCUT2D eigenvalue weighted by molar-refractivity contribution is 5.94. The van der Waals surface area contributed by atoms with Gasteiger partial charge in [0, 0.05) is 12.6 Å². The Kier molecular flexibility index (Phi) is 5.00. The van der Waals surface area contributed by atoms with Gasteiger partial charge in [0.15, 0.2) is 23.3 Å². The summed E-state index contributed by atoms with van der Waals surface area (Å²) >= 11 is 0. The molecule has 0 radical (unpaired) electrons. The summed E-state index contributed by atoms with van der Waals surface area (Å²) in [5.41, 5.74) is -0.0953. The van der Waals surface area contributed by atoms with Gasteiger partial charge in [0.2, 0.25) is 0 Å². The fraction of sp³-hybridized carbons (Fsp3) is 0.188. The molecule has 1 atom stereocenters. The van der Waals surface area contributed by atoms with Crippen LogP contribution >= 0.6 is 0 Å². The fourth-order valence-electron chi connectivity index (χ4n) is 2.12. The van der Waals surface area contributed by atoms with Crippen LogP contribution in [0.3, 0.4) is 0 Å². The highest BCUT2D eigenvalue weighted by atomic mass is 19.2.